The van der Waals surface area contributed by atoms with Crippen molar-refractivity contribution in [1.82, 2.24) is 4.57 Å². The molecule has 0 N–H and O–H groups in total. The van der Waals surface area contributed by atoms with Crippen LogP contribution in [0.1, 0.15) is 12.6 Å². The van der Waals surface area contributed by atoms with E-state index < -0.39 is 29.5 Å². The second-order valence-corrected chi connectivity index (χ2v) is 6.27. The molecule has 2 aromatic rings. The topological polar surface area (TPSA) is 40.5 Å². The van der Waals surface area contributed by atoms with E-state index in [9.17, 15) is 18.0 Å². The zero-order valence-corrected chi connectivity index (χ0v) is 15.9. The maximum absolute atomic E-state index is 13.2. The molecule has 0 unspecified atom stereocenters. The number of carbonyl (C=O) groups is 1. The molecule has 0 aliphatic rings. The van der Waals surface area contributed by atoms with Gasteiger partial charge in [-0.2, -0.15) is 13.2 Å². The highest BCUT2D eigenvalue weighted by Crippen LogP contribution is 2.46. The van der Waals surface area contributed by atoms with Gasteiger partial charge in [0.2, 0.25) is 0 Å². The Hall–Kier alpha value is -1.57. The first-order valence-corrected chi connectivity index (χ1v) is 8.40. The summed E-state index contributed by atoms with van der Waals surface area (Å²) in [6.45, 7) is 1.43. The average molecular weight is 431 g/mol. The van der Waals surface area contributed by atoms with Crippen molar-refractivity contribution >= 4 is 40.8 Å². The number of hydrogen-bond acceptors (Lipinski definition) is 3. The van der Waals surface area contributed by atoms with Gasteiger partial charge in [-0.05, 0) is 24.6 Å². The third-order valence-electron chi connectivity index (χ3n) is 3.40. The molecule has 10 heteroatoms. The molecule has 142 valence electrons. The summed E-state index contributed by atoms with van der Waals surface area (Å²) in [5, 5.41) is -0.568. The van der Waals surface area contributed by atoms with Crippen LogP contribution in [0.4, 0.5) is 13.2 Å². The summed E-state index contributed by atoms with van der Waals surface area (Å²) in [7, 11) is 1.16. The van der Waals surface area contributed by atoms with Crippen molar-refractivity contribution < 1.29 is 27.4 Å². The van der Waals surface area contributed by atoms with Crippen LogP contribution >= 0.6 is 34.8 Å². The largest absolute Gasteiger partial charge is 0.480 e. The number of nitrogens with zero attached hydrogens (tertiary/aromatic N) is 1. The molecule has 0 radical (unpaired) electrons. The minimum absolute atomic E-state index is 0.0131. The molecule has 26 heavy (non-hydrogen) atoms. The van der Waals surface area contributed by atoms with Crippen molar-refractivity contribution in [2.45, 2.75) is 13.1 Å². The van der Waals surface area contributed by atoms with Gasteiger partial charge in [0.25, 0.3) is 0 Å². The van der Waals surface area contributed by atoms with E-state index in [4.69, 9.17) is 44.3 Å². The first-order chi connectivity index (χ1) is 12.1. The molecular formula is C16H13Cl3F3NO3. The quantitative estimate of drug-likeness (QED) is 0.579. The van der Waals surface area contributed by atoms with Crippen LogP contribution in [0.5, 0.6) is 5.75 Å². The van der Waals surface area contributed by atoms with Crippen LogP contribution < -0.4 is 4.74 Å². The highest BCUT2D eigenvalue weighted by Gasteiger charge is 2.39. The highest BCUT2D eigenvalue weighted by molar-refractivity contribution is 6.40. The first kappa shape index (κ1) is 20.7. The van der Waals surface area contributed by atoms with Gasteiger partial charge in [0, 0.05) is 12.6 Å². The fraction of sp³-hybridized carbons (Fsp3) is 0.312. The van der Waals surface area contributed by atoms with Crippen molar-refractivity contribution in [2.75, 3.05) is 13.2 Å². The predicted molar refractivity (Wildman–Crippen MR) is 93.0 cm³/mol. The first-order valence-electron chi connectivity index (χ1n) is 7.27. The third-order valence-corrected chi connectivity index (χ3v) is 4.53. The molecule has 1 aromatic carbocycles. The molecule has 0 saturated heterocycles. The van der Waals surface area contributed by atoms with E-state index in [-0.39, 0.29) is 33.7 Å². The highest BCUT2D eigenvalue weighted by atomic mass is 35.5. The van der Waals surface area contributed by atoms with Crippen LogP contribution in [-0.2, 0) is 22.8 Å². The molecule has 0 aliphatic heterocycles. The van der Waals surface area contributed by atoms with Gasteiger partial charge < -0.3 is 14.0 Å². The Balaban J connectivity index is 2.45. The molecule has 0 spiro atoms. The summed E-state index contributed by atoms with van der Waals surface area (Å²) < 4.78 is 50.3. The number of halogens is 6. The van der Waals surface area contributed by atoms with Crippen molar-refractivity contribution in [2.24, 2.45) is 7.05 Å². The summed E-state index contributed by atoms with van der Waals surface area (Å²) in [5.41, 5.74) is -0.821. The molecule has 0 aliphatic carbocycles. The monoisotopic (exact) mass is 429 g/mol. The second-order valence-electron chi connectivity index (χ2n) is 5.12. The summed E-state index contributed by atoms with van der Waals surface area (Å²) in [6.07, 6.45) is -4.68. The van der Waals surface area contributed by atoms with E-state index in [1.165, 1.54) is 18.2 Å². The number of aromatic nitrogens is 1. The Morgan fingerprint density at radius 2 is 1.88 bits per heavy atom. The van der Waals surface area contributed by atoms with E-state index in [2.05, 4.69) is 0 Å². The van der Waals surface area contributed by atoms with E-state index >= 15 is 0 Å². The number of alkyl halides is 3. The van der Waals surface area contributed by atoms with Gasteiger partial charge in [-0.1, -0.05) is 40.9 Å². The van der Waals surface area contributed by atoms with Crippen molar-refractivity contribution in [1.29, 1.82) is 0 Å². The second kappa shape index (κ2) is 7.98. The van der Waals surface area contributed by atoms with Gasteiger partial charge in [-0.25, -0.2) is 4.79 Å². The van der Waals surface area contributed by atoms with Crippen LogP contribution in [0.2, 0.25) is 15.2 Å². The number of esters is 1. The predicted octanol–water partition coefficient (Wildman–Crippen LogP) is 5.61. The van der Waals surface area contributed by atoms with Crippen LogP contribution in [0.25, 0.3) is 11.1 Å². The van der Waals surface area contributed by atoms with Gasteiger partial charge >= 0.3 is 12.1 Å². The third kappa shape index (κ3) is 4.22. The number of benzene rings is 1. The van der Waals surface area contributed by atoms with Crippen LogP contribution in [-0.4, -0.2) is 23.8 Å². The summed E-state index contributed by atoms with van der Waals surface area (Å²) in [6, 6.07) is 4.21. The van der Waals surface area contributed by atoms with Crippen LogP contribution in [0, 0.1) is 0 Å². The Kier molecular flexibility index (Phi) is 6.37. The number of ether oxygens (including phenoxy) is 2. The van der Waals surface area contributed by atoms with Crippen molar-refractivity contribution in [3.8, 4) is 16.9 Å². The minimum Gasteiger partial charge on any atom is -0.480 e. The van der Waals surface area contributed by atoms with Crippen LogP contribution in [0.3, 0.4) is 0 Å². The minimum atomic E-state index is -4.68. The SMILES string of the molecule is CCOC(=O)COc1cc(-c2c(Cl)c(C(F)(F)F)n(C)c2Cl)ccc1Cl. The van der Waals surface area contributed by atoms with Crippen molar-refractivity contribution in [3.05, 3.63) is 39.1 Å². The summed E-state index contributed by atoms with van der Waals surface area (Å²) >= 11 is 18.0. The number of rotatable bonds is 5. The standard InChI is InChI=1S/C16H13Cl3F3NO3/c1-3-25-11(24)7-26-10-6-8(4-5-9(10)17)12-13(18)14(16(20,21)22)23(2)15(12)19/h4-6H,3,7H2,1-2H3. The van der Waals surface area contributed by atoms with E-state index in [1.807, 2.05) is 0 Å². The number of carbonyl (C=O) groups excluding carboxylic acids is 1. The lowest BCUT2D eigenvalue weighted by Crippen LogP contribution is -2.14. The molecule has 0 amide bonds. The van der Waals surface area contributed by atoms with Gasteiger partial charge in [-0.15, -0.1) is 0 Å². The Bertz CT molecular complexity index is 834. The lowest BCUT2D eigenvalue weighted by molar-refractivity contribution is -0.145. The molecule has 0 fully saturated rings. The van der Waals surface area contributed by atoms with Gasteiger partial charge in [0.05, 0.1) is 16.7 Å². The maximum atomic E-state index is 13.2. The summed E-state index contributed by atoms with van der Waals surface area (Å²) in [5.74, 6) is -0.522. The molecule has 0 atom stereocenters. The fourth-order valence-electron chi connectivity index (χ4n) is 2.29. The molecule has 4 nitrogen and oxygen atoms in total. The van der Waals surface area contributed by atoms with Crippen molar-refractivity contribution in [3.63, 3.8) is 0 Å². The zero-order valence-electron chi connectivity index (χ0n) is 13.6. The van der Waals surface area contributed by atoms with Gasteiger partial charge in [-0.3, -0.25) is 0 Å². The normalized spacial score (nSPS) is 11.5. The Labute approximate surface area is 162 Å². The summed E-state index contributed by atoms with van der Waals surface area (Å²) in [4.78, 5) is 11.4. The molecule has 1 heterocycles. The molecular weight excluding hydrogens is 418 g/mol. The van der Waals surface area contributed by atoms with Gasteiger partial charge in [0.1, 0.15) is 16.6 Å². The maximum Gasteiger partial charge on any atom is 0.432 e. The zero-order chi connectivity index (χ0) is 19.6. The van der Waals surface area contributed by atoms with E-state index in [1.54, 1.807) is 6.92 Å². The lowest BCUT2D eigenvalue weighted by Gasteiger charge is -2.10. The molecule has 0 saturated carbocycles. The molecule has 0 bridgehead atoms. The molecule has 1 aromatic heterocycles. The van der Waals surface area contributed by atoms with Gasteiger partial charge in [0.15, 0.2) is 6.61 Å². The Morgan fingerprint density at radius 3 is 2.42 bits per heavy atom. The molecule has 2 rings (SSSR count). The fourth-order valence-corrected chi connectivity index (χ4v) is 3.23. The number of hydrogen-bond donors (Lipinski definition) is 0. The van der Waals surface area contributed by atoms with E-state index in [0.29, 0.717) is 0 Å². The van der Waals surface area contributed by atoms with E-state index in [0.717, 1.165) is 11.6 Å². The Morgan fingerprint density at radius 1 is 1.23 bits per heavy atom. The van der Waals surface area contributed by atoms with Crippen LogP contribution in [0.15, 0.2) is 18.2 Å². The lowest BCUT2D eigenvalue weighted by atomic mass is 10.1. The smallest absolute Gasteiger partial charge is 0.432 e. The average Bonchev–Trinajstić information content (AvgIpc) is 2.76.